The second-order valence-electron chi connectivity index (χ2n) is 12.1. The number of fused-ring (bicyclic) bond motifs is 7. The van der Waals surface area contributed by atoms with Crippen LogP contribution in [-0.4, -0.2) is 37.9 Å². The van der Waals surface area contributed by atoms with Gasteiger partial charge in [-0.3, -0.25) is 19.3 Å². The molecule has 1 saturated carbocycles. The van der Waals surface area contributed by atoms with E-state index in [4.69, 9.17) is 0 Å². The highest BCUT2D eigenvalue weighted by Gasteiger charge is 2.51. The van der Waals surface area contributed by atoms with Crippen LogP contribution in [0.25, 0.3) is 16.9 Å². The van der Waals surface area contributed by atoms with Gasteiger partial charge in [-0.1, -0.05) is 43.5 Å². The van der Waals surface area contributed by atoms with Crippen molar-refractivity contribution in [2.75, 3.05) is 11.6 Å². The van der Waals surface area contributed by atoms with E-state index in [0.29, 0.717) is 24.2 Å². The van der Waals surface area contributed by atoms with Crippen molar-refractivity contribution in [3.05, 3.63) is 106 Å². The number of hydrogen-bond acceptors (Lipinski definition) is 4. The molecule has 42 heavy (non-hydrogen) atoms. The minimum Gasteiger partial charge on any atom is -0.502 e. The number of hydrogen-bond donors (Lipinski definition) is 1. The first-order valence-corrected chi connectivity index (χ1v) is 14.7. The van der Waals surface area contributed by atoms with E-state index in [-0.39, 0.29) is 16.7 Å². The van der Waals surface area contributed by atoms with Crippen LogP contribution in [0.5, 0.6) is 5.75 Å². The van der Waals surface area contributed by atoms with Crippen molar-refractivity contribution in [1.82, 2.24) is 14.1 Å². The average molecular weight is 569 g/mol. The highest BCUT2D eigenvalue weighted by atomic mass is 19.2. The number of rotatable bonds is 1. The van der Waals surface area contributed by atoms with Crippen molar-refractivity contribution in [3.8, 4) is 22.7 Å². The van der Waals surface area contributed by atoms with E-state index in [1.807, 2.05) is 46.1 Å². The molecule has 1 amide bonds. The molecule has 1 spiro atoms. The summed E-state index contributed by atoms with van der Waals surface area (Å²) in [5, 5.41) is 13.0. The molecule has 1 saturated heterocycles. The monoisotopic (exact) mass is 568 g/mol. The zero-order valence-electron chi connectivity index (χ0n) is 23.0. The van der Waals surface area contributed by atoms with Gasteiger partial charge < -0.3 is 14.6 Å². The number of para-hydroxylation sites is 1. The molecule has 2 atom stereocenters. The van der Waals surface area contributed by atoms with Gasteiger partial charge in [0.1, 0.15) is 12.2 Å². The molecule has 2 aromatic heterocycles. The van der Waals surface area contributed by atoms with Gasteiger partial charge in [-0.2, -0.15) is 0 Å². The summed E-state index contributed by atoms with van der Waals surface area (Å²) in [5.74, 6) is -2.88. The van der Waals surface area contributed by atoms with E-state index >= 15 is 4.39 Å². The fourth-order valence-corrected chi connectivity index (χ4v) is 8.06. The normalized spacial score (nSPS) is 22.1. The molecule has 5 heterocycles. The maximum Gasteiger partial charge on any atom is 0.278 e. The molecule has 2 fully saturated rings. The lowest BCUT2D eigenvalue weighted by Gasteiger charge is -2.56. The number of pyridine rings is 1. The summed E-state index contributed by atoms with van der Waals surface area (Å²) in [7, 11) is 0. The van der Waals surface area contributed by atoms with Crippen molar-refractivity contribution in [2.45, 2.75) is 57.2 Å². The van der Waals surface area contributed by atoms with Crippen LogP contribution in [0.1, 0.15) is 72.6 Å². The van der Waals surface area contributed by atoms with Crippen LogP contribution in [0.3, 0.4) is 0 Å². The number of piperidine rings is 1. The lowest BCUT2D eigenvalue weighted by Crippen LogP contribution is -2.66. The van der Waals surface area contributed by atoms with Gasteiger partial charge in [0.25, 0.3) is 5.91 Å². The Morgan fingerprint density at radius 2 is 1.67 bits per heavy atom. The van der Waals surface area contributed by atoms with E-state index in [0.717, 1.165) is 49.4 Å². The molecule has 4 aliphatic rings. The Labute approximate surface area is 241 Å². The first-order chi connectivity index (χ1) is 20.4. The maximum atomic E-state index is 15.9. The lowest BCUT2D eigenvalue weighted by molar-refractivity contribution is 0.00218. The largest absolute Gasteiger partial charge is 0.502 e. The third-order valence-corrected chi connectivity index (χ3v) is 10.0. The fraction of sp³-hybridized carbons (Fsp3) is 0.333. The topological polar surface area (TPSA) is 70.7 Å². The van der Waals surface area contributed by atoms with Crippen LogP contribution in [0, 0.1) is 17.0 Å². The van der Waals surface area contributed by atoms with Gasteiger partial charge in [0.05, 0.1) is 11.4 Å². The van der Waals surface area contributed by atoms with Crippen LogP contribution >= 0.6 is 0 Å². The molecular formula is C33H30F2N4O3. The molecule has 0 unspecified atom stereocenters. The minimum atomic E-state index is -0.942. The van der Waals surface area contributed by atoms with E-state index in [1.165, 1.54) is 18.7 Å². The Kier molecular flexibility index (Phi) is 5.45. The summed E-state index contributed by atoms with van der Waals surface area (Å²) in [5.41, 5.74) is 2.17. The van der Waals surface area contributed by atoms with Crippen molar-refractivity contribution in [3.63, 3.8) is 0 Å². The van der Waals surface area contributed by atoms with Crippen LogP contribution in [0.4, 0.5) is 8.78 Å². The number of amides is 1. The number of aromatic hydroxyl groups is 1. The molecule has 2 aromatic carbocycles. The van der Waals surface area contributed by atoms with Crippen LogP contribution in [0.15, 0.2) is 71.8 Å². The number of nitrogens with zero attached hydrogens (tertiary/aromatic N) is 4. The molecule has 0 radical (unpaired) electrons. The maximum absolute atomic E-state index is 15.9. The van der Waals surface area contributed by atoms with Gasteiger partial charge >= 0.3 is 0 Å². The SMILES string of the molecule is O=C1c2c(O)c(=O)ccn2N([C@@H]2c3ccccc3-n3cccc3-c3c2ccc(F)c3F)[C@@H]2CC3(CCCCC3)CCN12. The van der Waals surface area contributed by atoms with E-state index < -0.39 is 40.9 Å². The van der Waals surface area contributed by atoms with Gasteiger partial charge in [-0.25, -0.2) is 8.78 Å². The molecule has 4 aromatic rings. The number of aromatic nitrogens is 2. The standard InChI is InChI=1S/C33H30F2N4O3/c34-22-11-10-21-27(28(22)35)24-9-6-16-36(24)23-8-3-2-7-20(23)29(21)39-26-19-33(13-4-1-5-14-33)15-18-37(26)32(42)30-31(41)25(40)12-17-38(30)39/h2-3,6-12,16-17,26,29,41H,1,4-5,13-15,18-19H2/t26-,29-/m1/s1. The molecule has 0 bridgehead atoms. The molecule has 9 heteroatoms. The third kappa shape index (κ3) is 3.42. The predicted molar refractivity (Wildman–Crippen MR) is 153 cm³/mol. The molecular weight excluding hydrogens is 538 g/mol. The summed E-state index contributed by atoms with van der Waals surface area (Å²) in [4.78, 5) is 28.4. The Morgan fingerprint density at radius 1 is 0.857 bits per heavy atom. The quantitative estimate of drug-likeness (QED) is 0.313. The number of carbonyl (C=O) groups excluding carboxylic acids is 1. The first kappa shape index (κ1) is 25.3. The van der Waals surface area contributed by atoms with Crippen molar-refractivity contribution in [2.24, 2.45) is 5.41 Å². The number of halogens is 2. The molecule has 7 nitrogen and oxygen atoms in total. The summed E-state index contributed by atoms with van der Waals surface area (Å²) in [6.07, 6.45) is 10.1. The Morgan fingerprint density at radius 3 is 2.50 bits per heavy atom. The number of benzene rings is 2. The Bertz CT molecular complexity index is 1820. The zero-order chi connectivity index (χ0) is 28.7. The second-order valence-corrected chi connectivity index (χ2v) is 12.1. The molecule has 1 aliphatic carbocycles. The number of carbonyl (C=O) groups is 1. The fourth-order valence-electron chi connectivity index (χ4n) is 8.06. The van der Waals surface area contributed by atoms with Gasteiger partial charge in [0.15, 0.2) is 23.1 Å². The molecule has 1 N–H and O–H groups in total. The Hall–Kier alpha value is -4.40. The smallest absolute Gasteiger partial charge is 0.278 e. The Balaban J connectivity index is 1.44. The highest BCUT2D eigenvalue weighted by molar-refractivity contribution is 5.96. The molecule has 3 aliphatic heterocycles. The average Bonchev–Trinajstić information content (AvgIpc) is 3.44. The van der Waals surface area contributed by atoms with Gasteiger partial charge in [-0.05, 0) is 60.9 Å². The van der Waals surface area contributed by atoms with E-state index in [1.54, 1.807) is 21.7 Å². The summed E-state index contributed by atoms with van der Waals surface area (Å²) in [6, 6.07) is 14.7. The van der Waals surface area contributed by atoms with Crippen LogP contribution < -0.4 is 10.4 Å². The molecule has 214 valence electrons. The molecule has 8 rings (SSSR count). The highest BCUT2D eigenvalue weighted by Crippen LogP contribution is 2.51. The van der Waals surface area contributed by atoms with Crippen molar-refractivity contribution < 1.29 is 18.7 Å². The zero-order valence-corrected chi connectivity index (χ0v) is 23.0. The van der Waals surface area contributed by atoms with Gasteiger partial charge in [0.2, 0.25) is 5.43 Å². The van der Waals surface area contributed by atoms with Gasteiger partial charge in [-0.15, -0.1) is 0 Å². The van der Waals surface area contributed by atoms with Gasteiger partial charge in [0, 0.05) is 36.1 Å². The lowest BCUT2D eigenvalue weighted by atomic mass is 9.67. The second kappa shape index (κ2) is 9.05. The van der Waals surface area contributed by atoms with Crippen LogP contribution in [-0.2, 0) is 0 Å². The predicted octanol–water partition coefficient (Wildman–Crippen LogP) is 5.86. The van der Waals surface area contributed by atoms with Crippen LogP contribution in [0.2, 0.25) is 0 Å². The third-order valence-electron chi connectivity index (χ3n) is 10.0. The van der Waals surface area contributed by atoms with Crippen molar-refractivity contribution >= 4 is 5.91 Å². The summed E-state index contributed by atoms with van der Waals surface area (Å²) in [6.45, 7) is 0.488. The minimum absolute atomic E-state index is 0.0585. The van der Waals surface area contributed by atoms with Crippen molar-refractivity contribution in [1.29, 1.82) is 0 Å². The summed E-state index contributed by atoms with van der Waals surface area (Å²) >= 11 is 0. The first-order valence-electron chi connectivity index (χ1n) is 14.7. The van der Waals surface area contributed by atoms with E-state index in [9.17, 15) is 19.1 Å². The van der Waals surface area contributed by atoms with E-state index in [2.05, 4.69) is 0 Å². The summed E-state index contributed by atoms with van der Waals surface area (Å²) < 4.78 is 34.3.